The molecule has 3 heteroatoms. The number of hydrogen-bond donors (Lipinski definition) is 0. The van der Waals surface area contributed by atoms with Crippen molar-refractivity contribution in [3.05, 3.63) is 0 Å². The summed E-state index contributed by atoms with van der Waals surface area (Å²) in [6, 6.07) is 0. The van der Waals surface area contributed by atoms with Crippen molar-refractivity contribution in [3.63, 3.8) is 0 Å². The van der Waals surface area contributed by atoms with Gasteiger partial charge in [-0.2, -0.15) is 0 Å². The standard InChI is InChI=1S/C3H7NO.C3H6O/c1-4(2)3-5;1-2-3-4/h3H,1-2H3;3H,2H2,1H3. The van der Waals surface area contributed by atoms with Crippen LogP contribution < -0.4 is 0 Å². The van der Waals surface area contributed by atoms with E-state index < -0.39 is 0 Å². The molecular formula is C6H13NO2. The molecule has 0 saturated carbocycles. The Morgan fingerprint density at radius 3 is 1.56 bits per heavy atom. The van der Waals surface area contributed by atoms with Gasteiger partial charge in [0.15, 0.2) is 0 Å². The van der Waals surface area contributed by atoms with E-state index in [2.05, 4.69) is 0 Å². The minimum Gasteiger partial charge on any atom is -0.351 e. The zero-order chi connectivity index (χ0) is 7.70. The predicted molar refractivity (Wildman–Crippen MR) is 36.1 cm³/mol. The van der Waals surface area contributed by atoms with E-state index in [9.17, 15) is 9.59 Å². The summed E-state index contributed by atoms with van der Waals surface area (Å²) in [6.07, 6.45) is 2.26. The van der Waals surface area contributed by atoms with Crippen molar-refractivity contribution in [2.45, 2.75) is 13.3 Å². The molecule has 0 rings (SSSR count). The Bertz CT molecular complexity index is 71.5. The first-order chi connectivity index (χ1) is 4.18. The lowest BCUT2D eigenvalue weighted by Crippen LogP contribution is -2.06. The van der Waals surface area contributed by atoms with Gasteiger partial charge in [-0.05, 0) is 0 Å². The molecule has 0 aromatic carbocycles. The average molecular weight is 131 g/mol. The van der Waals surface area contributed by atoms with Crippen LogP contribution in [0.1, 0.15) is 13.3 Å². The first-order valence-corrected chi connectivity index (χ1v) is 2.74. The molecule has 0 bridgehead atoms. The second kappa shape index (κ2) is 10.2. The van der Waals surface area contributed by atoms with E-state index >= 15 is 0 Å². The van der Waals surface area contributed by atoms with Crippen LogP contribution >= 0.6 is 0 Å². The molecule has 3 nitrogen and oxygen atoms in total. The monoisotopic (exact) mass is 131 g/mol. The summed E-state index contributed by atoms with van der Waals surface area (Å²) in [7, 11) is 3.38. The maximum atomic E-state index is 9.43. The van der Waals surface area contributed by atoms with Gasteiger partial charge in [-0.25, -0.2) is 0 Å². The summed E-state index contributed by atoms with van der Waals surface area (Å²) in [6.45, 7) is 1.81. The minimum atomic E-state index is 0.639. The third-order valence-electron chi connectivity index (χ3n) is 0.377. The van der Waals surface area contributed by atoms with Crippen LogP contribution in [0.2, 0.25) is 0 Å². The molecule has 0 aliphatic carbocycles. The first kappa shape index (κ1) is 11.0. The van der Waals surface area contributed by atoms with Crippen LogP contribution in [0.15, 0.2) is 0 Å². The fraction of sp³-hybridized carbons (Fsp3) is 0.667. The fourth-order valence-corrected chi connectivity index (χ4v) is 0. The number of carbonyl (C=O) groups excluding carboxylic acids is 2. The van der Waals surface area contributed by atoms with Gasteiger partial charge in [0.05, 0.1) is 0 Å². The summed E-state index contributed by atoms with van der Waals surface area (Å²) in [5.41, 5.74) is 0. The maximum absolute atomic E-state index is 9.43. The summed E-state index contributed by atoms with van der Waals surface area (Å²) in [4.78, 5) is 20.0. The third kappa shape index (κ3) is 41.2. The highest BCUT2D eigenvalue weighted by atomic mass is 16.1. The van der Waals surface area contributed by atoms with E-state index in [1.54, 1.807) is 14.1 Å². The molecule has 0 aliphatic heterocycles. The molecule has 0 spiro atoms. The summed E-state index contributed by atoms with van der Waals surface area (Å²) < 4.78 is 0. The predicted octanol–water partition coefficient (Wildman–Crippen LogP) is 0.300. The Hall–Kier alpha value is -0.860. The van der Waals surface area contributed by atoms with Crippen molar-refractivity contribution < 1.29 is 9.59 Å². The second-order valence-corrected chi connectivity index (χ2v) is 1.64. The SMILES string of the molecule is CCC=O.CN(C)C=O. The van der Waals surface area contributed by atoms with E-state index in [1.165, 1.54) is 4.90 Å². The molecular weight excluding hydrogens is 118 g/mol. The Morgan fingerprint density at radius 1 is 1.33 bits per heavy atom. The quantitative estimate of drug-likeness (QED) is 0.505. The number of amides is 1. The van der Waals surface area contributed by atoms with Crippen molar-refractivity contribution in [1.82, 2.24) is 4.90 Å². The highest BCUT2D eigenvalue weighted by Crippen LogP contribution is 1.53. The molecule has 0 radical (unpaired) electrons. The largest absolute Gasteiger partial charge is 0.351 e. The van der Waals surface area contributed by atoms with Gasteiger partial charge in [0.25, 0.3) is 0 Å². The number of nitrogens with zero attached hydrogens (tertiary/aromatic N) is 1. The van der Waals surface area contributed by atoms with E-state index in [0.29, 0.717) is 6.42 Å². The topological polar surface area (TPSA) is 37.4 Å². The lowest BCUT2D eigenvalue weighted by molar-refractivity contribution is -0.116. The zero-order valence-electron chi connectivity index (χ0n) is 6.13. The minimum absolute atomic E-state index is 0.639. The molecule has 0 aromatic heterocycles. The molecule has 0 unspecified atom stereocenters. The van der Waals surface area contributed by atoms with Crippen molar-refractivity contribution in [2.75, 3.05) is 14.1 Å². The van der Waals surface area contributed by atoms with Crippen molar-refractivity contribution in [3.8, 4) is 0 Å². The summed E-state index contributed by atoms with van der Waals surface area (Å²) >= 11 is 0. The molecule has 0 saturated heterocycles. The second-order valence-electron chi connectivity index (χ2n) is 1.64. The molecule has 0 aromatic rings. The van der Waals surface area contributed by atoms with Crippen molar-refractivity contribution in [2.24, 2.45) is 0 Å². The van der Waals surface area contributed by atoms with Gasteiger partial charge >= 0.3 is 0 Å². The zero-order valence-corrected chi connectivity index (χ0v) is 6.13. The fourth-order valence-electron chi connectivity index (χ4n) is 0. The van der Waals surface area contributed by atoms with Crippen molar-refractivity contribution in [1.29, 1.82) is 0 Å². The van der Waals surface area contributed by atoms with Gasteiger partial charge in [0.2, 0.25) is 6.41 Å². The molecule has 0 heterocycles. The summed E-state index contributed by atoms with van der Waals surface area (Å²) in [5, 5.41) is 0. The Labute approximate surface area is 55.7 Å². The van der Waals surface area contributed by atoms with Gasteiger partial charge in [-0.1, -0.05) is 6.92 Å². The lowest BCUT2D eigenvalue weighted by atomic mass is 10.6. The van der Waals surface area contributed by atoms with Gasteiger partial charge in [0, 0.05) is 20.5 Å². The Kier molecular flexibility index (Phi) is 12.5. The molecule has 9 heavy (non-hydrogen) atoms. The van der Waals surface area contributed by atoms with Gasteiger partial charge in [-0.15, -0.1) is 0 Å². The van der Waals surface area contributed by atoms with Crippen LogP contribution in [-0.2, 0) is 9.59 Å². The van der Waals surface area contributed by atoms with Gasteiger partial charge in [-0.3, -0.25) is 4.79 Å². The Morgan fingerprint density at radius 2 is 1.56 bits per heavy atom. The normalized spacial score (nSPS) is 6.56. The van der Waals surface area contributed by atoms with Crippen LogP contribution in [-0.4, -0.2) is 31.7 Å². The number of carbonyl (C=O) groups is 2. The van der Waals surface area contributed by atoms with Gasteiger partial charge < -0.3 is 9.69 Å². The van der Waals surface area contributed by atoms with E-state index in [0.717, 1.165) is 12.7 Å². The van der Waals surface area contributed by atoms with Crippen LogP contribution in [0.25, 0.3) is 0 Å². The van der Waals surface area contributed by atoms with Crippen molar-refractivity contribution >= 4 is 12.7 Å². The smallest absolute Gasteiger partial charge is 0.209 e. The molecule has 0 atom stereocenters. The molecule has 0 fully saturated rings. The number of aldehydes is 1. The average Bonchev–Trinajstić information content (AvgIpc) is 1.89. The Balaban J connectivity index is 0. The lowest BCUT2D eigenvalue weighted by Gasteiger charge is -1.93. The highest BCUT2D eigenvalue weighted by molar-refractivity contribution is 5.48. The van der Waals surface area contributed by atoms with E-state index in [4.69, 9.17) is 0 Å². The van der Waals surface area contributed by atoms with Crippen LogP contribution in [0.3, 0.4) is 0 Å². The van der Waals surface area contributed by atoms with Crippen LogP contribution in [0, 0.1) is 0 Å². The number of rotatable bonds is 2. The van der Waals surface area contributed by atoms with Crippen LogP contribution in [0.5, 0.6) is 0 Å². The summed E-state index contributed by atoms with van der Waals surface area (Å²) in [5.74, 6) is 0. The van der Waals surface area contributed by atoms with E-state index in [-0.39, 0.29) is 0 Å². The number of hydrogen-bond acceptors (Lipinski definition) is 2. The molecule has 54 valence electrons. The highest BCUT2D eigenvalue weighted by Gasteiger charge is 1.68. The first-order valence-electron chi connectivity index (χ1n) is 2.74. The van der Waals surface area contributed by atoms with Crippen LogP contribution in [0.4, 0.5) is 0 Å². The van der Waals surface area contributed by atoms with Gasteiger partial charge in [0.1, 0.15) is 6.29 Å². The molecule has 1 amide bonds. The molecule has 0 aliphatic rings. The van der Waals surface area contributed by atoms with E-state index in [1.807, 2.05) is 6.92 Å². The molecule has 0 N–H and O–H groups in total. The maximum Gasteiger partial charge on any atom is 0.209 e. The third-order valence-corrected chi connectivity index (χ3v) is 0.377.